The Balaban J connectivity index is 1.43. The number of piperidine rings is 3. The number of pyridine rings is 1. The number of ether oxygens (including phenoxy) is 1. The molecule has 8 nitrogen and oxygen atoms in total. The van der Waals surface area contributed by atoms with Gasteiger partial charge in [-0.3, -0.25) is 4.79 Å². The zero-order chi connectivity index (χ0) is 27.4. The molecule has 8 heteroatoms. The molecule has 0 aliphatic carbocycles. The van der Waals surface area contributed by atoms with Crippen LogP contribution in [0.4, 0.5) is 5.69 Å². The van der Waals surface area contributed by atoms with Gasteiger partial charge < -0.3 is 24.9 Å². The minimum Gasteiger partial charge on any atom is -0.465 e. The summed E-state index contributed by atoms with van der Waals surface area (Å²) in [6.07, 6.45) is 2.32. The molecule has 0 saturated carbocycles. The van der Waals surface area contributed by atoms with E-state index in [0.717, 1.165) is 76.8 Å². The molecule has 3 saturated heterocycles. The smallest absolute Gasteiger partial charge is 0.337 e. The number of rotatable bonds is 5. The fourth-order valence-corrected chi connectivity index (χ4v) is 6.53. The maximum atomic E-state index is 13.7. The third kappa shape index (κ3) is 4.07. The van der Waals surface area contributed by atoms with E-state index in [2.05, 4.69) is 27.1 Å². The number of H-pyrrole nitrogens is 2. The lowest BCUT2D eigenvalue weighted by molar-refractivity contribution is 0.0600. The number of aryl methyl sites for hydroxylation is 1. The first-order valence-electron chi connectivity index (χ1n) is 13.8. The highest BCUT2D eigenvalue weighted by Crippen LogP contribution is 2.39. The number of nitrogens with zero attached hydrogens (tertiary/aromatic N) is 2. The number of aromatic amines is 2. The molecule has 5 heterocycles. The van der Waals surface area contributed by atoms with E-state index in [1.165, 1.54) is 7.11 Å². The number of hydrogen-bond acceptors (Lipinski definition) is 6. The van der Waals surface area contributed by atoms with Crippen molar-refractivity contribution in [1.82, 2.24) is 19.9 Å². The molecule has 1 atom stereocenters. The van der Waals surface area contributed by atoms with Crippen LogP contribution < -0.4 is 10.9 Å². The lowest BCUT2D eigenvalue weighted by Crippen LogP contribution is -2.53. The highest BCUT2D eigenvalue weighted by Gasteiger charge is 2.35. The molecule has 3 fully saturated rings. The Bertz CT molecular complexity index is 1780. The summed E-state index contributed by atoms with van der Waals surface area (Å²) in [5.41, 5.74) is 7.23. The summed E-state index contributed by atoms with van der Waals surface area (Å²) in [6, 6.07) is 19.5. The number of esters is 1. The van der Waals surface area contributed by atoms with Gasteiger partial charge in [-0.2, -0.15) is 0 Å². The number of benzene rings is 3. The molecule has 0 spiro atoms. The first-order chi connectivity index (χ1) is 19.5. The molecule has 202 valence electrons. The monoisotopic (exact) mass is 533 g/mol. The van der Waals surface area contributed by atoms with Gasteiger partial charge in [-0.25, -0.2) is 9.78 Å². The first kappa shape index (κ1) is 24.6. The van der Waals surface area contributed by atoms with E-state index in [1.54, 1.807) is 12.1 Å². The Kier molecular flexibility index (Phi) is 5.93. The van der Waals surface area contributed by atoms with Crippen LogP contribution in [0.3, 0.4) is 0 Å². The van der Waals surface area contributed by atoms with Gasteiger partial charge in [-0.15, -0.1) is 0 Å². The van der Waals surface area contributed by atoms with Crippen molar-refractivity contribution >= 4 is 33.6 Å². The van der Waals surface area contributed by atoms with Gasteiger partial charge >= 0.3 is 5.97 Å². The Hall–Kier alpha value is -4.43. The molecule has 0 amide bonds. The maximum Gasteiger partial charge on any atom is 0.337 e. The van der Waals surface area contributed by atoms with Crippen molar-refractivity contribution in [2.45, 2.75) is 25.8 Å². The number of anilines is 1. The predicted octanol–water partition coefficient (Wildman–Crippen LogP) is 5.34. The summed E-state index contributed by atoms with van der Waals surface area (Å²) in [7, 11) is 1.38. The van der Waals surface area contributed by atoms with E-state index < -0.39 is 0 Å². The molecular weight excluding hydrogens is 502 g/mol. The SMILES string of the molecule is COC(=O)c1ccc(-c2ccc3[nH]c(=O)c(-c4nc5ccccc5[nH]4)c(N[C@H]4CN5CCC4CC5)c3c2C)cc1. The van der Waals surface area contributed by atoms with Crippen LogP contribution in [0.25, 0.3) is 44.5 Å². The summed E-state index contributed by atoms with van der Waals surface area (Å²) in [4.78, 5) is 39.6. The van der Waals surface area contributed by atoms with Crippen molar-refractivity contribution in [2.75, 3.05) is 32.1 Å². The van der Waals surface area contributed by atoms with Crippen LogP contribution in [0, 0.1) is 12.8 Å². The molecule has 2 aromatic heterocycles. The number of fused-ring (bicyclic) bond motifs is 5. The molecule has 3 aliphatic heterocycles. The van der Waals surface area contributed by atoms with Crippen molar-refractivity contribution in [3.63, 3.8) is 0 Å². The normalized spacial score (nSPS) is 20.2. The van der Waals surface area contributed by atoms with Gasteiger partial charge in [-0.05, 0) is 85.8 Å². The van der Waals surface area contributed by atoms with Gasteiger partial charge in [0.15, 0.2) is 0 Å². The molecule has 5 aromatic rings. The molecule has 8 rings (SSSR count). The number of methoxy groups -OCH3 is 1. The van der Waals surface area contributed by atoms with Gasteiger partial charge in [0.05, 0.1) is 34.9 Å². The topological polar surface area (TPSA) is 103 Å². The fourth-order valence-electron chi connectivity index (χ4n) is 6.53. The van der Waals surface area contributed by atoms with E-state index in [4.69, 9.17) is 9.72 Å². The molecule has 3 aromatic carbocycles. The second-order valence-electron chi connectivity index (χ2n) is 10.9. The van der Waals surface area contributed by atoms with Crippen molar-refractivity contribution < 1.29 is 9.53 Å². The standard InChI is InChI=1S/C32H31N5O3/c1-18-22(19-7-9-21(10-8-19)32(39)40-2)11-12-25-27(18)29(33-26-17-37-15-13-20(26)14-16-37)28(31(38)36-25)30-34-23-5-3-4-6-24(23)35-30/h3-12,20,26H,13-17H2,1-2H3,(H,34,35)(H2,33,36,38)/t26-/m0/s1. The van der Waals surface area contributed by atoms with E-state index in [9.17, 15) is 9.59 Å². The Morgan fingerprint density at radius 2 is 1.77 bits per heavy atom. The fraction of sp³-hybridized carbons (Fsp3) is 0.281. The van der Waals surface area contributed by atoms with Crippen LogP contribution in [0.2, 0.25) is 0 Å². The highest BCUT2D eigenvalue weighted by molar-refractivity contribution is 6.04. The number of hydrogen-bond donors (Lipinski definition) is 3. The zero-order valence-corrected chi connectivity index (χ0v) is 22.6. The average molecular weight is 534 g/mol. The number of imidazole rings is 1. The lowest BCUT2D eigenvalue weighted by Gasteiger charge is -2.45. The first-order valence-corrected chi connectivity index (χ1v) is 13.8. The van der Waals surface area contributed by atoms with Crippen molar-refractivity contribution in [2.24, 2.45) is 5.92 Å². The van der Waals surface area contributed by atoms with Gasteiger partial charge in [0.25, 0.3) is 5.56 Å². The third-order valence-corrected chi connectivity index (χ3v) is 8.67. The molecule has 3 N–H and O–H groups in total. The Labute approximate surface area is 231 Å². The van der Waals surface area contributed by atoms with Crippen LogP contribution in [0.5, 0.6) is 0 Å². The summed E-state index contributed by atoms with van der Waals surface area (Å²) in [5, 5.41) is 4.85. The van der Waals surface area contributed by atoms with Gasteiger partial charge in [0.2, 0.25) is 0 Å². The third-order valence-electron chi connectivity index (χ3n) is 8.67. The van der Waals surface area contributed by atoms with Gasteiger partial charge in [-0.1, -0.05) is 30.3 Å². The Morgan fingerprint density at radius 3 is 2.48 bits per heavy atom. The van der Waals surface area contributed by atoms with Crippen molar-refractivity contribution in [1.29, 1.82) is 0 Å². The number of carbonyl (C=O) groups is 1. The molecule has 40 heavy (non-hydrogen) atoms. The van der Waals surface area contributed by atoms with Crippen molar-refractivity contribution in [3.8, 4) is 22.5 Å². The second-order valence-corrected chi connectivity index (χ2v) is 10.9. The second kappa shape index (κ2) is 9.64. The number of nitrogens with one attached hydrogen (secondary N) is 3. The van der Waals surface area contributed by atoms with Gasteiger partial charge in [0, 0.05) is 18.0 Å². The minimum atomic E-state index is -0.362. The zero-order valence-electron chi connectivity index (χ0n) is 22.6. The number of carbonyl (C=O) groups excluding carboxylic acids is 1. The highest BCUT2D eigenvalue weighted by atomic mass is 16.5. The van der Waals surface area contributed by atoms with Crippen molar-refractivity contribution in [3.05, 3.63) is 82.1 Å². The lowest BCUT2D eigenvalue weighted by atomic mass is 9.83. The summed E-state index contributed by atoms with van der Waals surface area (Å²) in [5.74, 6) is 0.761. The van der Waals surface area contributed by atoms with Crippen LogP contribution in [-0.4, -0.2) is 58.6 Å². The minimum absolute atomic E-state index is 0.176. The Morgan fingerprint density at radius 1 is 1.00 bits per heavy atom. The van der Waals surface area contributed by atoms with Crippen LogP contribution >= 0.6 is 0 Å². The van der Waals surface area contributed by atoms with E-state index in [-0.39, 0.29) is 17.6 Å². The molecule has 3 aliphatic rings. The van der Waals surface area contributed by atoms with Crippen LogP contribution in [0.15, 0.2) is 65.5 Å². The van der Waals surface area contributed by atoms with Crippen LogP contribution in [0.1, 0.15) is 28.8 Å². The number of aromatic nitrogens is 3. The van der Waals surface area contributed by atoms with Gasteiger partial charge in [0.1, 0.15) is 11.4 Å². The average Bonchev–Trinajstić information content (AvgIpc) is 3.41. The van der Waals surface area contributed by atoms with E-state index >= 15 is 0 Å². The van der Waals surface area contributed by atoms with Crippen LogP contribution in [-0.2, 0) is 4.74 Å². The van der Waals surface area contributed by atoms with E-state index in [1.807, 2.05) is 48.5 Å². The summed E-state index contributed by atoms with van der Waals surface area (Å²) >= 11 is 0. The molecular formula is C32H31N5O3. The molecule has 0 unspecified atom stereocenters. The maximum absolute atomic E-state index is 13.7. The predicted molar refractivity (Wildman–Crippen MR) is 158 cm³/mol. The summed E-state index contributed by atoms with van der Waals surface area (Å²) < 4.78 is 4.87. The molecule has 0 radical (unpaired) electrons. The quantitative estimate of drug-likeness (QED) is 0.264. The molecule has 2 bridgehead atoms. The largest absolute Gasteiger partial charge is 0.465 e. The van der Waals surface area contributed by atoms with E-state index in [0.29, 0.717) is 22.9 Å². The number of para-hydroxylation sites is 2. The summed E-state index contributed by atoms with van der Waals surface area (Å²) in [6.45, 7) is 5.33.